The van der Waals surface area contributed by atoms with E-state index in [2.05, 4.69) is 9.97 Å². The second-order valence-corrected chi connectivity index (χ2v) is 5.75. The Kier molecular flexibility index (Phi) is 2.42. The summed E-state index contributed by atoms with van der Waals surface area (Å²) in [6, 6.07) is 5.75. The molecule has 0 amide bonds. The minimum absolute atomic E-state index is 0.748. The molecule has 0 spiro atoms. The molecule has 5 heteroatoms. The summed E-state index contributed by atoms with van der Waals surface area (Å²) in [7, 11) is 0. The SMILES string of the molecule is Cc1csc(-c2nc3ccc(Cl)cc3s2)n1. The Morgan fingerprint density at radius 2 is 2.06 bits per heavy atom. The molecule has 16 heavy (non-hydrogen) atoms. The monoisotopic (exact) mass is 266 g/mol. The number of rotatable bonds is 1. The Labute approximate surface area is 106 Å². The molecule has 0 bridgehead atoms. The maximum Gasteiger partial charge on any atom is 0.153 e. The third kappa shape index (κ3) is 1.73. The van der Waals surface area contributed by atoms with Gasteiger partial charge in [-0.2, -0.15) is 0 Å². The quantitative estimate of drug-likeness (QED) is 0.653. The molecule has 0 radical (unpaired) electrons. The summed E-state index contributed by atoms with van der Waals surface area (Å²) < 4.78 is 1.11. The summed E-state index contributed by atoms with van der Waals surface area (Å²) in [5.41, 5.74) is 2.02. The average molecular weight is 267 g/mol. The molecule has 0 N–H and O–H groups in total. The van der Waals surface area contributed by atoms with E-state index in [0.717, 1.165) is 30.9 Å². The van der Waals surface area contributed by atoms with Crippen molar-refractivity contribution >= 4 is 44.5 Å². The molecule has 0 fully saturated rings. The van der Waals surface area contributed by atoms with Crippen molar-refractivity contribution in [2.75, 3.05) is 0 Å². The fraction of sp³-hybridized carbons (Fsp3) is 0.0909. The highest BCUT2D eigenvalue weighted by Crippen LogP contribution is 2.33. The Morgan fingerprint density at radius 1 is 1.19 bits per heavy atom. The van der Waals surface area contributed by atoms with Crippen LogP contribution in [0.4, 0.5) is 0 Å². The van der Waals surface area contributed by atoms with Gasteiger partial charge < -0.3 is 0 Å². The van der Waals surface area contributed by atoms with E-state index in [0.29, 0.717) is 0 Å². The van der Waals surface area contributed by atoms with Crippen molar-refractivity contribution in [3.8, 4) is 10.0 Å². The van der Waals surface area contributed by atoms with Crippen molar-refractivity contribution in [3.63, 3.8) is 0 Å². The number of fused-ring (bicyclic) bond motifs is 1. The van der Waals surface area contributed by atoms with E-state index in [4.69, 9.17) is 11.6 Å². The van der Waals surface area contributed by atoms with Crippen LogP contribution in [0.2, 0.25) is 5.02 Å². The zero-order chi connectivity index (χ0) is 11.1. The number of aryl methyl sites for hydroxylation is 1. The molecule has 0 aliphatic heterocycles. The van der Waals surface area contributed by atoms with Gasteiger partial charge in [-0.1, -0.05) is 11.6 Å². The number of benzene rings is 1. The van der Waals surface area contributed by atoms with E-state index >= 15 is 0 Å². The van der Waals surface area contributed by atoms with Gasteiger partial charge in [0, 0.05) is 16.1 Å². The van der Waals surface area contributed by atoms with Crippen molar-refractivity contribution < 1.29 is 0 Å². The largest absolute Gasteiger partial charge is 0.239 e. The molecule has 2 aromatic heterocycles. The zero-order valence-electron chi connectivity index (χ0n) is 8.40. The highest BCUT2D eigenvalue weighted by Gasteiger charge is 2.09. The molecule has 0 saturated carbocycles. The van der Waals surface area contributed by atoms with Gasteiger partial charge in [0.1, 0.15) is 0 Å². The van der Waals surface area contributed by atoms with Gasteiger partial charge in [0.25, 0.3) is 0 Å². The van der Waals surface area contributed by atoms with Gasteiger partial charge in [0.15, 0.2) is 10.0 Å². The van der Waals surface area contributed by atoms with Crippen molar-refractivity contribution in [1.29, 1.82) is 0 Å². The standard InChI is InChI=1S/C11H7ClN2S2/c1-6-5-15-10(13-6)11-14-8-3-2-7(12)4-9(8)16-11/h2-5H,1H3. The number of thiazole rings is 2. The van der Waals surface area contributed by atoms with E-state index < -0.39 is 0 Å². The maximum absolute atomic E-state index is 5.94. The Bertz CT molecular complexity index is 657. The topological polar surface area (TPSA) is 25.8 Å². The Balaban J connectivity index is 2.18. The second-order valence-electron chi connectivity index (χ2n) is 3.43. The van der Waals surface area contributed by atoms with Gasteiger partial charge >= 0.3 is 0 Å². The van der Waals surface area contributed by atoms with Gasteiger partial charge in [-0.05, 0) is 25.1 Å². The smallest absolute Gasteiger partial charge is 0.153 e. The molecule has 0 atom stereocenters. The van der Waals surface area contributed by atoms with Crippen LogP contribution in [0.1, 0.15) is 5.69 Å². The van der Waals surface area contributed by atoms with Crippen LogP contribution in [-0.4, -0.2) is 9.97 Å². The molecular weight excluding hydrogens is 260 g/mol. The molecular formula is C11H7ClN2S2. The van der Waals surface area contributed by atoms with Crippen LogP contribution in [0.3, 0.4) is 0 Å². The molecule has 3 aromatic rings. The van der Waals surface area contributed by atoms with Gasteiger partial charge in [-0.25, -0.2) is 9.97 Å². The summed E-state index contributed by atoms with van der Waals surface area (Å²) in [5.74, 6) is 0. The fourth-order valence-electron chi connectivity index (χ4n) is 1.44. The van der Waals surface area contributed by atoms with E-state index in [1.54, 1.807) is 22.7 Å². The van der Waals surface area contributed by atoms with Crippen LogP contribution in [0.25, 0.3) is 20.2 Å². The molecule has 0 aliphatic rings. The third-order valence-corrected chi connectivity index (χ3v) is 4.51. The predicted molar refractivity (Wildman–Crippen MR) is 70.5 cm³/mol. The van der Waals surface area contributed by atoms with Gasteiger partial charge in [0.2, 0.25) is 0 Å². The van der Waals surface area contributed by atoms with Crippen LogP contribution in [-0.2, 0) is 0 Å². The molecule has 0 saturated heterocycles. The summed E-state index contributed by atoms with van der Waals surface area (Å²) in [5, 5.41) is 4.73. The summed E-state index contributed by atoms with van der Waals surface area (Å²) in [4.78, 5) is 8.98. The highest BCUT2D eigenvalue weighted by atomic mass is 35.5. The van der Waals surface area contributed by atoms with E-state index in [9.17, 15) is 0 Å². The van der Waals surface area contributed by atoms with E-state index in [1.807, 2.05) is 30.5 Å². The lowest BCUT2D eigenvalue weighted by Crippen LogP contribution is -1.74. The second kappa shape index (κ2) is 3.80. The number of halogens is 1. The van der Waals surface area contributed by atoms with Gasteiger partial charge in [-0.15, -0.1) is 22.7 Å². The first-order valence-corrected chi connectivity index (χ1v) is 6.78. The van der Waals surface area contributed by atoms with Crippen molar-refractivity contribution in [1.82, 2.24) is 9.97 Å². The molecule has 2 nitrogen and oxygen atoms in total. The molecule has 80 valence electrons. The van der Waals surface area contributed by atoms with Crippen LogP contribution in [0, 0.1) is 6.92 Å². The normalized spacial score (nSPS) is 11.1. The van der Waals surface area contributed by atoms with Gasteiger partial charge in [0.05, 0.1) is 10.2 Å². The predicted octanol–water partition coefficient (Wildman–Crippen LogP) is 4.38. The number of hydrogen-bond donors (Lipinski definition) is 0. The van der Waals surface area contributed by atoms with Crippen molar-refractivity contribution in [2.45, 2.75) is 6.92 Å². The number of nitrogens with zero attached hydrogens (tertiary/aromatic N) is 2. The van der Waals surface area contributed by atoms with Crippen LogP contribution in [0.15, 0.2) is 23.6 Å². The first-order chi connectivity index (χ1) is 7.72. The minimum Gasteiger partial charge on any atom is -0.239 e. The van der Waals surface area contributed by atoms with Gasteiger partial charge in [-0.3, -0.25) is 0 Å². The summed E-state index contributed by atoms with van der Waals surface area (Å²) >= 11 is 9.20. The summed E-state index contributed by atoms with van der Waals surface area (Å²) in [6.45, 7) is 1.99. The Hall–Kier alpha value is -0.970. The van der Waals surface area contributed by atoms with E-state index in [-0.39, 0.29) is 0 Å². The molecule has 3 rings (SSSR count). The first kappa shape index (κ1) is 10.2. The number of aromatic nitrogens is 2. The van der Waals surface area contributed by atoms with Crippen molar-refractivity contribution in [3.05, 3.63) is 34.3 Å². The zero-order valence-corrected chi connectivity index (χ0v) is 10.8. The molecule has 2 heterocycles. The first-order valence-electron chi connectivity index (χ1n) is 4.71. The molecule has 0 unspecified atom stereocenters. The molecule has 1 aromatic carbocycles. The third-order valence-electron chi connectivity index (χ3n) is 2.15. The lowest BCUT2D eigenvalue weighted by molar-refractivity contribution is 1.26. The highest BCUT2D eigenvalue weighted by molar-refractivity contribution is 7.25. The fourth-order valence-corrected chi connectivity index (χ4v) is 3.52. The maximum atomic E-state index is 5.94. The van der Waals surface area contributed by atoms with Crippen molar-refractivity contribution in [2.24, 2.45) is 0 Å². The van der Waals surface area contributed by atoms with Crippen LogP contribution in [0.5, 0.6) is 0 Å². The average Bonchev–Trinajstić information content (AvgIpc) is 2.83. The van der Waals surface area contributed by atoms with Crippen LogP contribution < -0.4 is 0 Å². The summed E-state index contributed by atoms with van der Waals surface area (Å²) in [6.07, 6.45) is 0. The lowest BCUT2D eigenvalue weighted by atomic mass is 10.3. The minimum atomic E-state index is 0.748. The van der Waals surface area contributed by atoms with E-state index in [1.165, 1.54) is 0 Å². The molecule has 0 aliphatic carbocycles. The Morgan fingerprint density at radius 3 is 2.81 bits per heavy atom. The lowest BCUT2D eigenvalue weighted by Gasteiger charge is -1.86. The number of hydrogen-bond acceptors (Lipinski definition) is 4. The van der Waals surface area contributed by atoms with Crippen LogP contribution >= 0.6 is 34.3 Å².